The standard InChI is InChI=1S/C13H12N4/c1-10-11(4-3-9-16-17-14)6-7-12-5-2-8-15-13(10)12/h2-8H,9H2,1H3. The van der Waals surface area contributed by atoms with E-state index in [-0.39, 0.29) is 0 Å². The minimum absolute atomic E-state index is 0.371. The van der Waals surface area contributed by atoms with Gasteiger partial charge >= 0.3 is 0 Å². The van der Waals surface area contributed by atoms with Crippen LogP contribution in [0.15, 0.2) is 41.7 Å². The summed E-state index contributed by atoms with van der Waals surface area (Å²) in [5, 5.41) is 4.59. The van der Waals surface area contributed by atoms with Gasteiger partial charge in [-0.25, -0.2) is 0 Å². The molecule has 0 radical (unpaired) electrons. The lowest BCUT2D eigenvalue weighted by molar-refractivity contribution is 1.22. The topological polar surface area (TPSA) is 61.7 Å². The molecule has 0 bridgehead atoms. The summed E-state index contributed by atoms with van der Waals surface area (Å²) in [5.41, 5.74) is 11.4. The second-order valence-electron chi connectivity index (χ2n) is 3.67. The molecule has 2 rings (SSSR count). The maximum Gasteiger partial charge on any atom is 0.0737 e. The van der Waals surface area contributed by atoms with E-state index in [0.717, 1.165) is 22.0 Å². The van der Waals surface area contributed by atoms with Crippen molar-refractivity contribution in [2.24, 2.45) is 5.11 Å². The van der Waals surface area contributed by atoms with Gasteiger partial charge < -0.3 is 0 Å². The second kappa shape index (κ2) is 5.14. The Kier molecular flexibility index (Phi) is 3.38. The first-order chi connectivity index (χ1) is 8.33. The third-order valence-corrected chi connectivity index (χ3v) is 2.62. The van der Waals surface area contributed by atoms with Crippen LogP contribution in [0.1, 0.15) is 11.1 Å². The highest BCUT2D eigenvalue weighted by atomic mass is 15.1. The molecule has 0 fully saturated rings. The first kappa shape index (κ1) is 11.2. The summed E-state index contributed by atoms with van der Waals surface area (Å²) in [5.74, 6) is 0. The molecule has 17 heavy (non-hydrogen) atoms. The number of aromatic nitrogens is 1. The van der Waals surface area contributed by atoms with E-state index in [1.165, 1.54) is 0 Å². The average molecular weight is 224 g/mol. The summed E-state index contributed by atoms with van der Waals surface area (Å²) in [6, 6.07) is 8.07. The number of hydrogen-bond acceptors (Lipinski definition) is 2. The molecule has 0 saturated carbocycles. The van der Waals surface area contributed by atoms with Crippen molar-refractivity contribution in [2.45, 2.75) is 6.92 Å². The maximum absolute atomic E-state index is 8.17. The molecule has 0 N–H and O–H groups in total. The predicted molar refractivity (Wildman–Crippen MR) is 69.5 cm³/mol. The van der Waals surface area contributed by atoms with Crippen LogP contribution in [0, 0.1) is 6.92 Å². The van der Waals surface area contributed by atoms with E-state index in [4.69, 9.17) is 5.53 Å². The average Bonchev–Trinajstić information content (AvgIpc) is 2.37. The number of nitrogens with zero attached hydrogens (tertiary/aromatic N) is 4. The van der Waals surface area contributed by atoms with Crippen LogP contribution in [-0.2, 0) is 0 Å². The summed E-state index contributed by atoms with van der Waals surface area (Å²) in [4.78, 5) is 7.07. The number of fused-ring (bicyclic) bond motifs is 1. The molecule has 1 aromatic heterocycles. The maximum atomic E-state index is 8.17. The molecule has 0 aliphatic heterocycles. The lowest BCUT2D eigenvalue weighted by atomic mass is 10.0. The number of hydrogen-bond donors (Lipinski definition) is 0. The molecular weight excluding hydrogens is 212 g/mol. The number of aryl methyl sites for hydroxylation is 1. The molecular formula is C13H12N4. The van der Waals surface area contributed by atoms with E-state index in [2.05, 4.69) is 15.0 Å². The fraction of sp³-hybridized carbons (Fsp3) is 0.154. The minimum atomic E-state index is 0.371. The van der Waals surface area contributed by atoms with Crippen LogP contribution in [0.2, 0.25) is 0 Å². The smallest absolute Gasteiger partial charge is 0.0737 e. The molecule has 0 aliphatic carbocycles. The molecule has 0 aliphatic rings. The number of azide groups is 1. The van der Waals surface area contributed by atoms with Crippen LogP contribution >= 0.6 is 0 Å². The molecule has 1 heterocycles. The molecule has 2 aromatic rings. The summed E-state index contributed by atoms with van der Waals surface area (Å²) in [7, 11) is 0. The van der Waals surface area contributed by atoms with Crippen LogP contribution in [0.5, 0.6) is 0 Å². The normalized spacial score (nSPS) is 10.6. The number of rotatable bonds is 3. The second-order valence-corrected chi connectivity index (χ2v) is 3.67. The fourth-order valence-electron chi connectivity index (χ4n) is 1.75. The highest BCUT2D eigenvalue weighted by molar-refractivity contribution is 5.84. The third kappa shape index (κ3) is 2.44. The first-order valence-corrected chi connectivity index (χ1v) is 5.34. The van der Waals surface area contributed by atoms with Crippen molar-refractivity contribution in [3.63, 3.8) is 0 Å². The van der Waals surface area contributed by atoms with Gasteiger partial charge in [0.15, 0.2) is 0 Å². The van der Waals surface area contributed by atoms with Gasteiger partial charge in [-0.3, -0.25) is 4.98 Å². The molecule has 0 unspecified atom stereocenters. The molecule has 4 heteroatoms. The van der Waals surface area contributed by atoms with Gasteiger partial charge in [-0.15, -0.1) is 0 Å². The van der Waals surface area contributed by atoms with Crippen molar-refractivity contribution in [2.75, 3.05) is 6.54 Å². The van der Waals surface area contributed by atoms with Crippen molar-refractivity contribution in [1.82, 2.24) is 4.98 Å². The summed E-state index contributed by atoms with van der Waals surface area (Å²) in [6.45, 7) is 2.42. The van der Waals surface area contributed by atoms with E-state index < -0.39 is 0 Å². The van der Waals surface area contributed by atoms with E-state index in [0.29, 0.717) is 6.54 Å². The third-order valence-electron chi connectivity index (χ3n) is 2.62. The van der Waals surface area contributed by atoms with E-state index in [1.807, 2.05) is 43.3 Å². The number of pyridine rings is 1. The fourth-order valence-corrected chi connectivity index (χ4v) is 1.75. The largest absolute Gasteiger partial charge is 0.256 e. The zero-order valence-corrected chi connectivity index (χ0v) is 9.54. The van der Waals surface area contributed by atoms with E-state index in [9.17, 15) is 0 Å². The van der Waals surface area contributed by atoms with Crippen molar-refractivity contribution in [3.8, 4) is 0 Å². The van der Waals surface area contributed by atoms with Gasteiger partial charge in [-0.1, -0.05) is 35.5 Å². The summed E-state index contributed by atoms with van der Waals surface area (Å²) in [6.07, 6.45) is 5.60. The predicted octanol–water partition coefficient (Wildman–Crippen LogP) is 3.87. The van der Waals surface area contributed by atoms with Crippen molar-refractivity contribution in [1.29, 1.82) is 0 Å². The molecule has 0 saturated heterocycles. The van der Waals surface area contributed by atoms with Crippen molar-refractivity contribution < 1.29 is 0 Å². The van der Waals surface area contributed by atoms with Crippen molar-refractivity contribution >= 4 is 17.0 Å². The lowest BCUT2D eigenvalue weighted by Gasteiger charge is -2.04. The molecule has 0 amide bonds. The van der Waals surface area contributed by atoms with Crippen LogP contribution < -0.4 is 0 Å². The Morgan fingerprint density at radius 2 is 2.29 bits per heavy atom. The Morgan fingerprint density at radius 3 is 3.12 bits per heavy atom. The Bertz CT molecular complexity index is 610. The molecule has 4 nitrogen and oxygen atoms in total. The van der Waals surface area contributed by atoms with Crippen LogP contribution in [0.3, 0.4) is 0 Å². The molecule has 0 atom stereocenters. The van der Waals surface area contributed by atoms with Crippen LogP contribution in [0.4, 0.5) is 0 Å². The van der Waals surface area contributed by atoms with E-state index >= 15 is 0 Å². The Hall–Kier alpha value is -2.32. The monoisotopic (exact) mass is 224 g/mol. The van der Waals surface area contributed by atoms with Crippen LogP contribution in [-0.4, -0.2) is 11.5 Å². The van der Waals surface area contributed by atoms with Gasteiger partial charge in [0.2, 0.25) is 0 Å². The Morgan fingerprint density at radius 1 is 1.41 bits per heavy atom. The molecule has 1 aromatic carbocycles. The SMILES string of the molecule is Cc1c(C=CCN=[N+]=[N-])ccc2cccnc12. The highest BCUT2D eigenvalue weighted by Crippen LogP contribution is 2.20. The van der Waals surface area contributed by atoms with Gasteiger partial charge in [-0.2, -0.15) is 0 Å². The zero-order valence-electron chi connectivity index (χ0n) is 9.54. The molecule has 0 spiro atoms. The Balaban J connectivity index is 2.39. The lowest BCUT2D eigenvalue weighted by Crippen LogP contribution is -1.86. The highest BCUT2D eigenvalue weighted by Gasteiger charge is 2.01. The summed E-state index contributed by atoms with van der Waals surface area (Å²) < 4.78 is 0. The van der Waals surface area contributed by atoms with Gasteiger partial charge in [-0.05, 0) is 29.6 Å². The Labute approximate surface area is 99.2 Å². The van der Waals surface area contributed by atoms with Crippen molar-refractivity contribution in [3.05, 3.63) is 58.1 Å². The molecule has 84 valence electrons. The van der Waals surface area contributed by atoms with Crippen LogP contribution in [0.25, 0.3) is 27.4 Å². The van der Waals surface area contributed by atoms with Gasteiger partial charge in [0.1, 0.15) is 0 Å². The number of benzene rings is 1. The summed E-state index contributed by atoms with van der Waals surface area (Å²) >= 11 is 0. The zero-order chi connectivity index (χ0) is 12.1. The minimum Gasteiger partial charge on any atom is -0.256 e. The van der Waals surface area contributed by atoms with Gasteiger partial charge in [0, 0.05) is 23.0 Å². The first-order valence-electron chi connectivity index (χ1n) is 5.34. The van der Waals surface area contributed by atoms with Gasteiger partial charge in [0.05, 0.1) is 5.52 Å². The van der Waals surface area contributed by atoms with E-state index in [1.54, 1.807) is 6.20 Å². The van der Waals surface area contributed by atoms with Gasteiger partial charge in [0.25, 0.3) is 0 Å². The quantitative estimate of drug-likeness (QED) is 0.443.